The number of imide groups is 1. The van der Waals surface area contributed by atoms with E-state index in [2.05, 4.69) is 14.9 Å². The van der Waals surface area contributed by atoms with Gasteiger partial charge in [-0.25, -0.2) is 4.98 Å². The number of hydrogen-bond donors (Lipinski definition) is 1. The summed E-state index contributed by atoms with van der Waals surface area (Å²) in [7, 11) is 1.53. The maximum atomic E-state index is 11.7. The molecule has 1 atom stereocenters. The van der Waals surface area contributed by atoms with Crippen LogP contribution in [-0.2, 0) is 16.1 Å². The summed E-state index contributed by atoms with van der Waals surface area (Å²) in [6.45, 7) is 0.577. The molecule has 0 aromatic carbocycles. The molecule has 2 fully saturated rings. The van der Waals surface area contributed by atoms with Crippen LogP contribution in [0.4, 0.5) is 0 Å². The van der Waals surface area contributed by atoms with E-state index in [1.165, 1.54) is 24.8 Å². The highest BCUT2D eigenvalue weighted by molar-refractivity contribution is 6.05. The first-order chi connectivity index (χ1) is 8.66. The second-order valence-electron chi connectivity index (χ2n) is 4.95. The Bertz CT molecular complexity index is 492. The van der Waals surface area contributed by atoms with E-state index in [0.29, 0.717) is 12.6 Å². The van der Waals surface area contributed by atoms with Crippen LogP contribution >= 0.6 is 0 Å². The van der Waals surface area contributed by atoms with Crippen molar-refractivity contribution >= 4 is 11.8 Å². The Morgan fingerprint density at radius 2 is 2.22 bits per heavy atom. The van der Waals surface area contributed by atoms with Gasteiger partial charge < -0.3 is 4.57 Å². The standard InChI is InChI=1S/C12H16N4O2/c1-15-11(17)4-10(12(15)18)14-6-9-5-13-7-16(9)8-2-3-8/h5,7-8,10,14H,2-4,6H2,1H3. The van der Waals surface area contributed by atoms with Gasteiger partial charge in [0.2, 0.25) is 11.8 Å². The highest BCUT2D eigenvalue weighted by Gasteiger charge is 2.35. The molecule has 0 radical (unpaired) electrons. The topological polar surface area (TPSA) is 67.2 Å². The van der Waals surface area contributed by atoms with Crippen LogP contribution in [0.25, 0.3) is 0 Å². The summed E-state index contributed by atoms with van der Waals surface area (Å²) in [6.07, 6.45) is 6.31. The van der Waals surface area contributed by atoms with E-state index in [1.54, 1.807) is 0 Å². The molecule has 2 amide bonds. The van der Waals surface area contributed by atoms with Crippen molar-refractivity contribution in [3.63, 3.8) is 0 Å². The first-order valence-electron chi connectivity index (χ1n) is 6.21. The lowest BCUT2D eigenvalue weighted by molar-refractivity contribution is -0.137. The average Bonchev–Trinajstić information content (AvgIpc) is 3.06. The largest absolute Gasteiger partial charge is 0.330 e. The van der Waals surface area contributed by atoms with Crippen molar-refractivity contribution in [1.82, 2.24) is 19.8 Å². The lowest BCUT2D eigenvalue weighted by atomic mass is 10.2. The zero-order valence-electron chi connectivity index (χ0n) is 10.3. The minimum atomic E-state index is -0.384. The van der Waals surface area contributed by atoms with E-state index in [0.717, 1.165) is 5.69 Å². The number of carbonyl (C=O) groups excluding carboxylic acids is 2. The summed E-state index contributed by atoms with van der Waals surface area (Å²) in [4.78, 5) is 28.4. The van der Waals surface area contributed by atoms with Crippen LogP contribution in [-0.4, -0.2) is 39.4 Å². The van der Waals surface area contributed by atoms with Gasteiger partial charge in [-0.1, -0.05) is 0 Å². The van der Waals surface area contributed by atoms with E-state index in [-0.39, 0.29) is 24.3 Å². The third kappa shape index (κ3) is 1.92. The minimum Gasteiger partial charge on any atom is -0.330 e. The van der Waals surface area contributed by atoms with Gasteiger partial charge in [-0.05, 0) is 12.8 Å². The molecule has 6 heteroatoms. The first kappa shape index (κ1) is 11.4. The highest BCUT2D eigenvalue weighted by atomic mass is 16.2. The number of imidazole rings is 1. The maximum Gasteiger partial charge on any atom is 0.246 e. The summed E-state index contributed by atoms with van der Waals surface area (Å²) >= 11 is 0. The van der Waals surface area contributed by atoms with E-state index in [9.17, 15) is 9.59 Å². The molecule has 0 bridgehead atoms. The number of rotatable bonds is 4. The van der Waals surface area contributed by atoms with Crippen molar-refractivity contribution in [2.75, 3.05) is 7.05 Å². The van der Waals surface area contributed by atoms with E-state index < -0.39 is 0 Å². The first-order valence-corrected chi connectivity index (χ1v) is 6.21. The highest BCUT2D eigenvalue weighted by Crippen LogP contribution is 2.35. The number of aromatic nitrogens is 2. The number of carbonyl (C=O) groups is 2. The minimum absolute atomic E-state index is 0.117. The third-order valence-corrected chi connectivity index (χ3v) is 3.60. The van der Waals surface area contributed by atoms with Gasteiger partial charge in [0.15, 0.2) is 0 Å². The van der Waals surface area contributed by atoms with E-state index in [4.69, 9.17) is 0 Å². The molecular weight excluding hydrogens is 232 g/mol. The van der Waals surface area contributed by atoms with Crippen molar-refractivity contribution < 1.29 is 9.59 Å². The van der Waals surface area contributed by atoms with Crippen LogP contribution in [0.1, 0.15) is 31.0 Å². The van der Waals surface area contributed by atoms with Gasteiger partial charge in [-0.2, -0.15) is 0 Å². The van der Waals surface area contributed by atoms with E-state index in [1.807, 2.05) is 12.5 Å². The zero-order valence-corrected chi connectivity index (χ0v) is 10.3. The Balaban J connectivity index is 1.63. The van der Waals surface area contributed by atoms with Crippen molar-refractivity contribution in [3.8, 4) is 0 Å². The molecule has 1 N–H and O–H groups in total. The maximum absolute atomic E-state index is 11.7. The average molecular weight is 248 g/mol. The number of amides is 2. The third-order valence-electron chi connectivity index (χ3n) is 3.60. The molecule has 1 aromatic heterocycles. The second-order valence-corrected chi connectivity index (χ2v) is 4.95. The fourth-order valence-electron chi connectivity index (χ4n) is 2.29. The van der Waals surface area contributed by atoms with Crippen LogP contribution in [0.5, 0.6) is 0 Å². The predicted octanol–water partition coefficient (Wildman–Crippen LogP) is 0.0649. The molecule has 1 unspecified atom stereocenters. The summed E-state index contributed by atoms with van der Waals surface area (Å²) in [5.41, 5.74) is 1.08. The lowest BCUT2D eigenvalue weighted by Gasteiger charge is -2.12. The molecule has 1 aliphatic carbocycles. The Morgan fingerprint density at radius 3 is 2.83 bits per heavy atom. The molecule has 1 saturated carbocycles. The Labute approximate surface area is 105 Å². The number of likely N-dealkylation sites (N-methyl/N-ethyl adjacent to an activating group) is 1. The molecule has 1 saturated heterocycles. The van der Waals surface area contributed by atoms with Crippen molar-refractivity contribution in [2.45, 2.75) is 37.9 Å². The van der Waals surface area contributed by atoms with Crippen LogP contribution in [0.3, 0.4) is 0 Å². The Hall–Kier alpha value is -1.69. The SMILES string of the molecule is CN1C(=O)CC(NCc2cncn2C2CC2)C1=O. The molecule has 3 rings (SSSR count). The molecule has 1 aliphatic heterocycles. The predicted molar refractivity (Wildman–Crippen MR) is 63.5 cm³/mol. The van der Waals surface area contributed by atoms with Crippen molar-refractivity contribution in [2.24, 2.45) is 0 Å². The fourth-order valence-corrected chi connectivity index (χ4v) is 2.29. The van der Waals surface area contributed by atoms with Gasteiger partial charge >= 0.3 is 0 Å². The van der Waals surface area contributed by atoms with Gasteiger partial charge in [0.25, 0.3) is 0 Å². The number of hydrogen-bond acceptors (Lipinski definition) is 4. The molecule has 0 spiro atoms. The fraction of sp³-hybridized carbons (Fsp3) is 0.583. The quantitative estimate of drug-likeness (QED) is 0.765. The molecular formula is C12H16N4O2. The molecule has 96 valence electrons. The van der Waals surface area contributed by atoms with Gasteiger partial charge in [0.05, 0.1) is 24.5 Å². The molecule has 2 heterocycles. The zero-order chi connectivity index (χ0) is 12.7. The van der Waals surface area contributed by atoms with Gasteiger partial charge in [0.1, 0.15) is 0 Å². The summed E-state index contributed by atoms with van der Waals surface area (Å²) in [5.74, 6) is -0.259. The van der Waals surface area contributed by atoms with Crippen LogP contribution in [0, 0.1) is 0 Å². The monoisotopic (exact) mass is 248 g/mol. The number of nitrogens with one attached hydrogen (secondary N) is 1. The smallest absolute Gasteiger partial charge is 0.246 e. The number of likely N-dealkylation sites (tertiary alicyclic amines) is 1. The van der Waals surface area contributed by atoms with Gasteiger partial charge in [-0.15, -0.1) is 0 Å². The van der Waals surface area contributed by atoms with Crippen molar-refractivity contribution in [3.05, 3.63) is 18.2 Å². The summed E-state index contributed by atoms with van der Waals surface area (Å²) in [5, 5.41) is 3.14. The second kappa shape index (κ2) is 4.20. The molecule has 18 heavy (non-hydrogen) atoms. The Kier molecular flexibility index (Phi) is 2.66. The molecule has 2 aliphatic rings. The number of nitrogens with zero attached hydrogens (tertiary/aromatic N) is 3. The normalized spacial score (nSPS) is 24.1. The summed E-state index contributed by atoms with van der Waals surface area (Å²) in [6, 6.07) is 0.193. The van der Waals surface area contributed by atoms with Crippen LogP contribution < -0.4 is 5.32 Å². The molecule has 1 aromatic rings. The summed E-state index contributed by atoms with van der Waals surface area (Å²) < 4.78 is 2.15. The van der Waals surface area contributed by atoms with Crippen LogP contribution in [0.2, 0.25) is 0 Å². The van der Waals surface area contributed by atoms with Gasteiger partial charge in [-0.3, -0.25) is 19.8 Å². The van der Waals surface area contributed by atoms with Gasteiger partial charge in [0, 0.05) is 25.8 Å². The molecule has 6 nitrogen and oxygen atoms in total. The van der Waals surface area contributed by atoms with E-state index >= 15 is 0 Å². The van der Waals surface area contributed by atoms with Crippen LogP contribution in [0.15, 0.2) is 12.5 Å². The lowest BCUT2D eigenvalue weighted by Crippen LogP contribution is -2.37. The Morgan fingerprint density at radius 1 is 1.44 bits per heavy atom. The van der Waals surface area contributed by atoms with Crippen molar-refractivity contribution in [1.29, 1.82) is 0 Å².